The number of anilines is 1. The second kappa shape index (κ2) is 8.68. The smallest absolute Gasteiger partial charge is 0.268 e. The Kier molecular flexibility index (Phi) is 5.63. The summed E-state index contributed by atoms with van der Waals surface area (Å²) in [5, 5.41) is 14.3. The molecule has 0 atom stereocenters. The molecule has 0 fully saturated rings. The third-order valence-electron chi connectivity index (χ3n) is 4.24. The number of nitriles is 1. The fourth-order valence-corrected chi connectivity index (χ4v) is 3.43. The van der Waals surface area contributed by atoms with Crippen molar-refractivity contribution in [3.63, 3.8) is 0 Å². The summed E-state index contributed by atoms with van der Waals surface area (Å²) in [7, 11) is 0. The van der Waals surface area contributed by atoms with Crippen LogP contribution in [0.1, 0.15) is 16.8 Å². The van der Waals surface area contributed by atoms with Gasteiger partial charge in [-0.3, -0.25) is 10.1 Å². The van der Waals surface area contributed by atoms with Gasteiger partial charge in [-0.05, 0) is 48.4 Å². The van der Waals surface area contributed by atoms with Gasteiger partial charge in [-0.1, -0.05) is 18.2 Å². The molecule has 1 aromatic heterocycles. The van der Waals surface area contributed by atoms with Crippen molar-refractivity contribution < 1.29 is 19.0 Å². The summed E-state index contributed by atoms with van der Waals surface area (Å²) in [6, 6.07) is 14.7. The number of carbonyl (C=O) groups is 1. The van der Waals surface area contributed by atoms with Gasteiger partial charge >= 0.3 is 0 Å². The standard InChI is InChI=1S/C22H17N3O4S/c1-14-12-30-22(24-14)25-21(26)17(10-23)8-15-2-5-18(6-3-15)27-11-16-4-7-19-20(9-16)29-13-28-19/h2-9,12H,11,13H2,1H3,(H,24,25,26)/b17-8-. The SMILES string of the molecule is Cc1csc(NC(=O)/C(C#N)=C\c2ccc(OCc3ccc4c(c3)OCO4)cc2)n1. The first-order valence-corrected chi connectivity index (χ1v) is 9.95. The third-order valence-corrected chi connectivity index (χ3v) is 5.11. The van der Waals surface area contributed by atoms with Gasteiger partial charge in [0.05, 0.1) is 5.69 Å². The van der Waals surface area contributed by atoms with E-state index in [1.54, 1.807) is 24.3 Å². The predicted molar refractivity (Wildman–Crippen MR) is 112 cm³/mol. The van der Waals surface area contributed by atoms with E-state index in [4.69, 9.17) is 14.2 Å². The molecule has 0 bridgehead atoms. The number of amides is 1. The van der Waals surface area contributed by atoms with Crippen LogP contribution in [0.15, 0.2) is 53.4 Å². The molecule has 150 valence electrons. The van der Waals surface area contributed by atoms with Crippen molar-refractivity contribution in [1.82, 2.24) is 4.98 Å². The lowest BCUT2D eigenvalue weighted by Crippen LogP contribution is -2.13. The maximum absolute atomic E-state index is 12.3. The first kappa shape index (κ1) is 19.5. The molecule has 8 heteroatoms. The molecule has 0 unspecified atom stereocenters. The number of benzene rings is 2. The van der Waals surface area contributed by atoms with Gasteiger partial charge in [0.2, 0.25) is 6.79 Å². The fraction of sp³-hybridized carbons (Fsp3) is 0.136. The lowest BCUT2D eigenvalue weighted by atomic mass is 10.1. The van der Waals surface area contributed by atoms with Gasteiger partial charge in [-0.2, -0.15) is 5.26 Å². The highest BCUT2D eigenvalue weighted by Gasteiger charge is 2.14. The molecule has 3 aromatic rings. The van der Waals surface area contributed by atoms with Crippen molar-refractivity contribution in [2.45, 2.75) is 13.5 Å². The Morgan fingerprint density at radius 2 is 2.07 bits per heavy atom. The number of nitrogens with zero attached hydrogens (tertiary/aromatic N) is 2. The van der Waals surface area contributed by atoms with E-state index in [1.165, 1.54) is 17.4 Å². The summed E-state index contributed by atoms with van der Waals surface area (Å²) in [6.45, 7) is 2.45. The summed E-state index contributed by atoms with van der Waals surface area (Å²) in [5.41, 5.74) is 2.49. The van der Waals surface area contributed by atoms with Crippen LogP contribution in [0.2, 0.25) is 0 Å². The number of fused-ring (bicyclic) bond motifs is 1. The molecule has 2 aromatic carbocycles. The number of aromatic nitrogens is 1. The molecular formula is C22H17N3O4S. The molecule has 4 rings (SSSR count). The summed E-state index contributed by atoms with van der Waals surface area (Å²) in [6.07, 6.45) is 1.53. The van der Waals surface area contributed by atoms with Crippen molar-refractivity contribution in [2.24, 2.45) is 0 Å². The van der Waals surface area contributed by atoms with Gasteiger partial charge in [0.25, 0.3) is 5.91 Å². The number of hydrogen-bond donors (Lipinski definition) is 1. The Morgan fingerprint density at radius 3 is 2.80 bits per heavy atom. The van der Waals surface area contributed by atoms with E-state index in [9.17, 15) is 10.1 Å². The molecule has 0 saturated heterocycles. The van der Waals surface area contributed by atoms with Crippen LogP contribution in [0, 0.1) is 18.3 Å². The molecule has 30 heavy (non-hydrogen) atoms. The van der Waals surface area contributed by atoms with Crippen LogP contribution in [-0.2, 0) is 11.4 Å². The Morgan fingerprint density at radius 1 is 1.27 bits per heavy atom. The first-order valence-electron chi connectivity index (χ1n) is 9.07. The zero-order valence-corrected chi connectivity index (χ0v) is 16.9. The maximum Gasteiger partial charge on any atom is 0.268 e. The highest BCUT2D eigenvalue weighted by molar-refractivity contribution is 7.13. The topological polar surface area (TPSA) is 93.5 Å². The molecule has 0 saturated carbocycles. The zero-order valence-electron chi connectivity index (χ0n) is 16.0. The molecule has 1 aliphatic rings. The van der Waals surface area contributed by atoms with E-state index >= 15 is 0 Å². The van der Waals surface area contributed by atoms with E-state index in [1.807, 2.05) is 36.6 Å². The van der Waals surface area contributed by atoms with Gasteiger partial charge in [-0.25, -0.2) is 4.98 Å². The minimum atomic E-state index is -0.491. The normalized spacial score (nSPS) is 12.3. The average molecular weight is 419 g/mol. The number of nitrogens with one attached hydrogen (secondary N) is 1. The van der Waals surface area contributed by atoms with E-state index in [0.717, 1.165) is 17.0 Å². The van der Waals surface area contributed by atoms with Crippen molar-refractivity contribution in [3.8, 4) is 23.3 Å². The first-order chi connectivity index (χ1) is 14.6. The van der Waals surface area contributed by atoms with Crippen LogP contribution in [0.3, 0.4) is 0 Å². The number of carbonyl (C=O) groups excluding carboxylic acids is 1. The van der Waals surface area contributed by atoms with E-state index in [-0.39, 0.29) is 12.4 Å². The minimum Gasteiger partial charge on any atom is -0.489 e. The summed E-state index contributed by atoms with van der Waals surface area (Å²) >= 11 is 1.31. The quantitative estimate of drug-likeness (QED) is 0.473. The Balaban J connectivity index is 1.38. The van der Waals surface area contributed by atoms with E-state index in [0.29, 0.717) is 28.8 Å². The van der Waals surface area contributed by atoms with Crippen LogP contribution >= 0.6 is 11.3 Å². The second-order valence-electron chi connectivity index (χ2n) is 6.46. The van der Waals surface area contributed by atoms with E-state index in [2.05, 4.69) is 10.3 Å². The van der Waals surface area contributed by atoms with Gasteiger partial charge in [-0.15, -0.1) is 11.3 Å². The summed E-state index contributed by atoms with van der Waals surface area (Å²) < 4.78 is 16.5. The van der Waals surface area contributed by atoms with Crippen molar-refractivity contribution in [3.05, 3.63) is 70.2 Å². The summed E-state index contributed by atoms with van der Waals surface area (Å²) in [5.74, 6) is 1.63. The highest BCUT2D eigenvalue weighted by Crippen LogP contribution is 2.32. The fourth-order valence-electron chi connectivity index (χ4n) is 2.75. The van der Waals surface area contributed by atoms with Crippen LogP contribution < -0.4 is 19.5 Å². The largest absolute Gasteiger partial charge is 0.489 e. The van der Waals surface area contributed by atoms with Gasteiger partial charge in [0, 0.05) is 5.38 Å². The Labute approximate surface area is 177 Å². The van der Waals surface area contributed by atoms with Crippen LogP contribution in [0.25, 0.3) is 6.08 Å². The molecular weight excluding hydrogens is 402 g/mol. The number of thiazole rings is 1. The predicted octanol–water partition coefficient (Wildman–Crippen LogP) is 4.30. The lowest BCUT2D eigenvalue weighted by molar-refractivity contribution is -0.112. The maximum atomic E-state index is 12.3. The van der Waals surface area contributed by atoms with Crippen molar-refractivity contribution in [2.75, 3.05) is 12.1 Å². The molecule has 0 radical (unpaired) electrons. The molecule has 2 heterocycles. The molecule has 1 N–H and O–H groups in total. The van der Waals surface area contributed by atoms with Crippen molar-refractivity contribution >= 4 is 28.5 Å². The summed E-state index contributed by atoms with van der Waals surface area (Å²) in [4.78, 5) is 16.5. The zero-order chi connectivity index (χ0) is 20.9. The van der Waals surface area contributed by atoms with Crippen LogP contribution in [-0.4, -0.2) is 17.7 Å². The third kappa shape index (κ3) is 4.59. The van der Waals surface area contributed by atoms with Crippen molar-refractivity contribution in [1.29, 1.82) is 5.26 Å². The van der Waals surface area contributed by atoms with Gasteiger partial charge in [0.1, 0.15) is 24.0 Å². The molecule has 1 aliphatic heterocycles. The lowest BCUT2D eigenvalue weighted by Gasteiger charge is -2.07. The second-order valence-corrected chi connectivity index (χ2v) is 7.32. The highest BCUT2D eigenvalue weighted by atomic mass is 32.1. The minimum absolute atomic E-state index is 0.00289. The van der Waals surface area contributed by atoms with Gasteiger partial charge in [0.15, 0.2) is 16.6 Å². The average Bonchev–Trinajstić information content (AvgIpc) is 3.39. The monoisotopic (exact) mass is 419 g/mol. The Bertz CT molecular complexity index is 1150. The van der Waals surface area contributed by atoms with E-state index < -0.39 is 5.91 Å². The van der Waals surface area contributed by atoms with Crippen LogP contribution in [0.4, 0.5) is 5.13 Å². The Hall–Kier alpha value is -3.83. The molecule has 7 nitrogen and oxygen atoms in total. The molecule has 0 aliphatic carbocycles. The number of ether oxygens (including phenoxy) is 3. The molecule has 1 amide bonds. The van der Waals surface area contributed by atoms with Crippen LogP contribution in [0.5, 0.6) is 17.2 Å². The molecule has 0 spiro atoms. The number of hydrogen-bond acceptors (Lipinski definition) is 7. The van der Waals surface area contributed by atoms with Gasteiger partial charge < -0.3 is 14.2 Å². The number of aryl methyl sites for hydroxylation is 1. The number of rotatable bonds is 6.